The number of hydrogen-bond donors (Lipinski definition) is 1. The molecule has 1 heterocycles. The second kappa shape index (κ2) is 4.79. The van der Waals surface area contributed by atoms with Crippen molar-refractivity contribution in [2.24, 2.45) is 0 Å². The molecule has 0 bridgehead atoms. The van der Waals surface area contributed by atoms with Crippen LogP contribution in [0.5, 0.6) is 0 Å². The summed E-state index contributed by atoms with van der Waals surface area (Å²) in [6.07, 6.45) is -0.570. The Labute approximate surface area is 89.8 Å². The van der Waals surface area contributed by atoms with Gasteiger partial charge in [0.1, 0.15) is 0 Å². The Balaban J connectivity index is 2.50. The smallest absolute Gasteiger partial charge is 0.153 e. The summed E-state index contributed by atoms with van der Waals surface area (Å²) in [6.45, 7) is 2.81. The van der Waals surface area contributed by atoms with Gasteiger partial charge in [-0.05, 0) is 6.92 Å². The Morgan fingerprint density at radius 3 is 2.79 bits per heavy atom. The fourth-order valence-electron chi connectivity index (χ4n) is 1.62. The van der Waals surface area contributed by atoms with Crippen molar-refractivity contribution in [3.63, 3.8) is 0 Å². The molecule has 1 aliphatic rings. The van der Waals surface area contributed by atoms with Gasteiger partial charge >= 0.3 is 0 Å². The van der Waals surface area contributed by atoms with Gasteiger partial charge in [0.05, 0.1) is 17.6 Å². The van der Waals surface area contributed by atoms with Crippen LogP contribution in [0.1, 0.15) is 6.92 Å². The zero-order valence-electron chi connectivity index (χ0n) is 8.19. The molecule has 1 saturated heterocycles. The SMILES string of the molecule is CC1CS(=O)(=O)CCN1CC(O)CCl. The summed E-state index contributed by atoms with van der Waals surface area (Å²) in [6, 6.07) is -0.0217. The average molecular weight is 242 g/mol. The molecule has 0 aromatic rings. The molecule has 14 heavy (non-hydrogen) atoms. The van der Waals surface area contributed by atoms with Crippen LogP contribution in [0.15, 0.2) is 0 Å². The molecule has 0 spiro atoms. The summed E-state index contributed by atoms with van der Waals surface area (Å²) < 4.78 is 22.5. The minimum Gasteiger partial charge on any atom is -0.391 e. The predicted molar refractivity (Wildman–Crippen MR) is 56.4 cm³/mol. The molecule has 0 amide bonds. The molecule has 0 aliphatic carbocycles. The standard InChI is InChI=1S/C8H16ClNO3S/c1-7-6-14(12,13)3-2-10(7)5-8(11)4-9/h7-8,11H,2-6H2,1H3. The summed E-state index contributed by atoms with van der Waals surface area (Å²) in [5.41, 5.74) is 0. The minimum absolute atomic E-state index is 0.0217. The van der Waals surface area contributed by atoms with Crippen molar-refractivity contribution in [3.05, 3.63) is 0 Å². The zero-order valence-corrected chi connectivity index (χ0v) is 9.76. The summed E-state index contributed by atoms with van der Waals surface area (Å²) >= 11 is 5.48. The first-order chi connectivity index (χ1) is 6.44. The van der Waals surface area contributed by atoms with E-state index in [1.54, 1.807) is 0 Å². The minimum atomic E-state index is -2.86. The van der Waals surface area contributed by atoms with Gasteiger partial charge in [-0.3, -0.25) is 4.90 Å². The molecule has 0 aromatic heterocycles. The van der Waals surface area contributed by atoms with E-state index in [0.717, 1.165) is 0 Å². The van der Waals surface area contributed by atoms with Crippen LogP contribution >= 0.6 is 11.6 Å². The highest BCUT2D eigenvalue weighted by Gasteiger charge is 2.28. The van der Waals surface area contributed by atoms with E-state index in [4.69, 9.17) is 11.6 Å². The lowest BCUT2D eigenvalue weighted by Crippen LogP contribution is -2.49. The van der Waals surface area contributed by atoms with Gasteiger partial charge in [0.25, 0.3) is 0 Å². The number of hydrogen-bond acceptors (Lipinski definition) is 4. The fourth-order valence-corrected chi connectivity index (χ4v) is 3.35. The highest BCUT2D eigenvalue weighted by atomic mass is 35.5. The molecule has 1 rings (SSSR count). The summed E-state index contributed by atoms with van der Waals surface area (Å²) in [4.78, 5) is 1.97. The van der Waals surface area contributed by atoms with Crippen molar-refractivity contribution in [2.45, 2.75) is 19.1 Å². The first-order valence-electron chi connectivity index (χ1n) is 4.63. The van der Waals surface area contributed by atoms with E-state index in [1.807, 2.05) is 11.8 Å². The Hall–Kier alpha value is 0.160. The third kappa shape index (κ3) is 3.38. The number of aliphatic hydroxyl groups excluding tert-OH is 1. The van der Waals surface area contributed by atoms with E-state index in [2.05, 4.69) is 0 Å². The molecule has 0 radical (unpaired) electrons. The maximum absolute atomic E-state index is 11.2. The Morgan fingerprint density at radius 1 is 1.64 bits per heavy atom. The molecular formula is C8H16ClNO3S. The number of halogens is 1. The number of β-amino-alcohol motifs (C(OH)–C–C–N with tert-alkyl or cyclic N) is 1. The van der Waals surface area contributed by atoms with Crippen LogP contribution in [0.25, 0.3) is 0 Å². The third-order valence-electron chi connectivity index (χ3n) is 2.43. The molecule has 2 unspecified atom stereocenters. The molecule has 0 aromatic carbocycles. The molecule has 4 nitrogen and oxygen atoms in total. The van der Waals surface area contributed by atoms with Gasteiger partial charge in [-0.25, -0.2) is 8.42 Å². The fraction of sp³-hybridized carbons (Fsp3) is 1.00. The molecule has 1 aliphatic heterocycles. The summed E-state index contributed by atoms with van der Waals surface area (Å²) in [5, 5.41) is 9.33. The van der Waals surface area contributed by atoms with Crippen LogP contribution in [0.2, 0.25) is 0 Å². The van der Waals surface area contributed by atoms with Gasteiger partial charge in [-0.2, -0.15) is 0 Å². The normalized spacial score (nSPS) is 30.1. The van der Waals surface area contributed by atoms with Crippen molar-refractivity contribution in [1.29, 1.82) is 0 Å². The van der Waals surface area contributed by atoms with Gasteiger partial charge < -0.3 is 5.11 Å². The molecule has 6 heteroatoms. The Kier molecular flexibility index (Phi) is 4.18. The van der Waals surface area contributed by atoms with Crippen LogP contribution in [-0.2, 0) is 9.84 Å². The maximum atomic E-state index is 11.2. The highest BCUT2D eigenvalue weighted by Crippen LogP contribution is 2.11. The number of sulfone groups is 1. The highest BCUT2D eigenvalue weighted by molar-refractivity contribution is 7.91. The Bertz CT molecular complexity index is 280. The van der Waals surface area contributed by atoms with Crippen LogP contribution < -0.4 is 0 Å². The number of nitrogens with zero attached hydrogens (tertiary/aromatic N) is 1. The summed E-state index contributed by atoms with van der Waals surface area (Å²) in [5.74, 6) is 0.560. The third-order valence-corrected chi connectivity index (χ3v) is 4.58. The quantitative estimate of drug-likeness (QED) is 0.690. The monoisotopic (exact) mass is 241 g/mol. The van der Waals surface area contributed by atoms with Crippen molar-refractivity contribution >= 4 is 21.4 Å². The maximum Gasteiger partial charge on any atom is 0.153 e. The van der Waals surface area contributed by atoms with Gasteiger partial charge in [0.2, 0.25) is 0 Å². The topological polar surface area (TPSA) is 57.6 Å². The lowest BCUT2D eigenvalue weighted by molar-refractivity contribution is 0.112. The van der Waals surface area contributed by atoms with E-state index < -0.39 is 15.9 Å². The second-order valence-corrected chi connectivity index (χ2v) is 6.30. The first kappa shape index (κ1) is 12.2. The van der Waals surface area contributed by atoms with Crippen LogP contribution in [-0.4, -0.2) is 61.0 Å². The van der Waals surface area contributed by atoms with Gasteiger partial charge in [0.15, 0.2) is 9.84 Å². The van der Waals surface area contributed by atoms with Crippen LogP contribution in [0.3, 0.4) is 0 Å². The van der Waals surface area contributed by atoms with Crippen LogP contribution in [0, 0.1) is 0 Å². The molecule has 1 N–H and O–H groups in total. The number of alkyl halides is 1. The van der Waals surface area contributed by atoms with Gasteiger partial charge in [-0.1, -0.05) is 0 Å². The molecule has 2 atom stereocenters. The largest absolute Gasteiger partial charge is 0.391 e. The van der Waals surface area contributed by atoms with E-state index in [0.29, 0.717) is 13.1 Å². The average Bonchev–Trinajstić information content (AvgIpc) is 2.09. The van der Waals surface area contributed by atoms with Crippen molar-refractivity contribution in [2.75, 3.05) is 30.5 Å². The summed E-state index contributed by atoms with van der Waals surface area (Å²) in [7, 11) is -2.86. The van der Waals surface area contributed by atoms with Crippen LogP contribution in [0.4, 0.5) is 0 Å². The van der Waals surface area contributed by atoms with E-state index in [1.165, 1.54) is 0 Å². The van der Waals surface area contributed by atoms with Crippen molar-refractivity contribution in [3.8, 4) is 0 Å². The lowest BCUT2D eigenvalue weighted by Gasteiger charge is -2.34. The number of aliphatic hydroxyl groups is 1. The first-order valence-corrected chi connectivity index (χ1v) is 6.98. The molecule has 84 valence electrons. The van der Waals surface area contributed by atoms with E-state index in [-0.39, 0.29) is 23.4 Å². The van der Waals surface area contributed by atoms with Crippen molar-refractivity contribution in [1.82, 2.24) is 4.90 Å². The Morgan fingerprint density at radius 2 is 2.29 bits per heavy atom. The van der Waals surface area contributed by atoms with E-state index in [9.17, 15) is 13.5 Å². The second-order valence-electron chi connectivity index (χ2n) is 3.77. The van der Waals surface area contributed by atoms with Gasteiger partial charge in [-0.15, -0.1) is 11.6 Å². The van der Waals surface area contributed by atoms with Crippen molar-refractivity contribution < 1.29 is 13.5 Å². The molecule has 0 saturated carbocycles. The molecule has 1 fully saturated rings. The van der Waals surface area contributed by atoms with Gasteiger partial charge in [0, 0.05) is 25.0 Å². The van der Waals surface area contributed by atoms with E-state index >= 15 is 0 Å². The number of rotatable bonds is 3. The molecular weight excluding hydrogens is 226 g/mol. The lowest BCUT2D eigenvalue weighted by atomic mass is 10.2. The predicted octanol–water partition coefficient (Wildman–Crippen LogP) is -0.295. The zero-order chi connectivity index (χ0) is 10.8.